The second-order valence-electron chi connectivity index (χ2n) is 11.3. The summed E-state index contributed by atoms with van der Waals surface area (Å²) in [7, 11) is 0. The molecule has 1 aliphatic rings. The van der Waals surface area contributed by atoms with Crippen LogP contribution in [0, 0.1) is 0 Å². The van der Waals surface area contributed by atoms with Crippen molar-refractivity contribution in [2.75, 3.05) is 16.8 Å². The molecular formula is C28H26F6N6O6. The van der Waals surface area contributed by atoms with Crippen LogP contribution >= 0.6 is 0 Å². The molecule has 0 radical (unpaired) electrons. The summed E-state index contributed by atoms with van der Waals surface area (Å²) < 4.78 is 92.8. The molecule has 0 bridgehead atoms. The van der Waals surface area contributed by atoms with Gasteiger partial charge in [-0.3, -0.25) is 14.4 Å². The number of carbonyl (C=O) groups is 3. The van der Waals surface area contributed by atoms with E-state index in [0.717, 1.165) is 29.4 Å². The predicted octanol–water partition coefficient (Wildman–Crippen LogP) is 6.19. The lowest BCUT2D eigenvalue weighted by molar-refractivity contribution is -0.141. The molecular weight excluding hydrogens is 630 g/mol. The molecule has 3 aromatic rings. The van der Waals surface area contributed by atoms with Crippen molar-refractivity contribution < 1.29 is 55.0 Å². The quantitative estimate of drug-likeness (QED) is 0.283. The molecule has 0 aliphatic heterocycles. The van der Waals surface area contributed by atoms with Crippen LogP contribution in [0.4, 0.5) is 42.6 Å². The first kappa shape index (κ1) is 33.7. The van der Waals surface area contributed by atoms with Gasteiger partial charge in [0.15, 0.2) is 11.4 Å². The Balaban J connectivity index is 1.59. The third kappa shape index (κ3) is 7.91. The average molecular weight is 657 g/mol. The van der Waals surface area contributed by atoms with Crippen molar-refractivity contribution in [2.45, 2.75) is 57.6 Å². The van der Waals surface area contributed by atoms with Crippen molar-refractivity contribution >= 4 is 29.5 Å². The normalized spacial score (nSPS) is 17.0. The van der Waals surface area contributed by atoms with Gasteiger partial charge >= 0.3 is 24.4 Å². The zero-order valence-corrected chi connectivity index (χ0v) is 24.5. The van der Waals surface area contributed by atoms with E-state index in [1.165, 1.54) is 52.0 Å². The number of ether oxygens (including phenoxy) is 1. The molecule has 2 N–H and O–H groups in total. The van der Waals surface area contributed by atoms with Crippen LogP contribution < -0.4 is 10.2 Å². The number of rotatable bonds is 7. The number of allylic oxidation sites excluding steroid dienone is 2. The highest BCUT2D eigenvalue weighted by molar-refractivity contribution is 6.03. The van der Waals surface area contributed by atoms with Gasteiger partial charge in [-0.1, -0.05) is 12.2 Å². The summed E-state index contributed by atoms with van der Waals surface area (Å²) in [6.07, 6.45) is -4.42. The molecule has 0 spiro atoms. The highest BCUT2D eigenvalue weighted by Crippen LogP contribution is 2.37. The number of carboxylic acid groups (broad SMARTS) is 1. The van der Waals surface area contributed by atoms with Crippen LogP contribution in [0.1, 0.15) is 50.3 Å². The standard InChI is InChI=1S/C28H26F6N6O6/c1-25(2,3)46-24(44)39(14-27(29,30)31)19-11-16(7-10-35-19)22-37-18(13-45-22)21(41)36-17-12-40(38-20(17)28(32,33)34)26(4)8-5-15(6-9-26)23(42)43/h5-8,10-13H,9,14H2,1-4H3,(H,36,41)(H,42,43). The van der Waals surface area contributed by atoms with Gasteiger partial charge in [0.25, 0.3) is 5.91 Å². The fourth-order valence-corrected chi connectivity index (χ4v) is 4.12. The monoisotopic (exact) mass is 656 g/mol. The highest BCUT2D eigenvalue weighted by Gasteiger charge is 2.41. The van der Waals surface area contributed by atoms with Crippen LogP contribution in [-0.4, -0.2) is 61.1 Å². The molecule has 1 atom stereocenters. The van der Waals surface area contributed by atoms with E-state index in [9.17, 15) is 40.7 Å². The zero-order valence-electron chi connectivity index (χ0n) is 24.5. The Kier molecular flexibility index (Phi) is 8.78. The van der Waals surface area contributed by atoms with Gasteiger partial charge in [0.05, 0.1) is 23.0 Å². The molecule has 2 amide bonds. The highest BCUT2D eigenvalue weighted by atomic mass is 19.4. The summed E-state index contributed by atoms with van der Waals surface area (Å²) >= 11 is 0. The van der Waals surface area contributed by atoms with Crippen molar-refractivity contribution in [2.24, 2.45) is 0 Å². The summed E-state index contributed by atoms with van der Waals surface area (Å²) in [5.74, 6) is -3.15. The predicted molar refractivity (Wildman–Crippen MR) is 148 cm³/mol. The Morgan fingerprint density at radius 1 is 1.17 bits per heavy atom. The van der Waals surface area contributed by atoms with Crippen LogP contribution in [0.5, 0.6) is 0 Å². The van der Waals surface area contributed by atoms with Crippen LogP contribution in [0.15, 0.2) is 59.0 Å². The van der Waals surface area contributed by atoms with E-state index < -0.39 is 70.9 Å². The fourth-order valence-electron chi connectivity index (χ4n) is 4.12. The minimum atomic E-state index is -5.00. The van der Waals surface area contributed by atoms with Crippen molar-refractivity contribution in [3.05, 3.63) is 66.0 Å². The van der Waals surface area contributed by atoms with E-state index in [1.807, 2.05) is 0 Å². The first-order chi connectivity index (χ1) is 21.1. The number of alkyl halides is 6. The van der Waals surface area contributed by atoms with Gasteiger partial charge in [-0.15, -0.1) is 0 Å². The molecule has 0 saturated heterocycles. The number of nitrogens with zero attached hydrogens (tertiary/aromatic N) is 5. The molecule has 3 aromatic heterocycles. The number of anilines is 2. The third-order valence-corrected chi connectivity index (χ3v) is 6.32. The molecule has 1 aliphatic carbocycles. The first-order valence-corrected chi connectivity index (χ1v) is 13.3. The maximum Gasteiger partial charge on any atom is 0.437 e. The number of hydrogen-bond donors (Lipinski definition) is 2. The Hall–Kier alpha value is -5.16. The number of nitrogens with one attached hydrogen (secondary N) is 1. The number of hydrogen-bond acceptors (Lipinski definition) is 8. The molecule has 1 unspecified atom stereocenters. The number of aliphatic carboxylic acids is 1. The summed E-state index contributed by atoms with van der Waals surface area (Å²) in [6, 6.07) is 2.28. The van der Waals surface area contributed by atoms with Gasteiger partial charge in [-0.05, 0) is 52.3 Å². The van der Waals surface area contributed by atoms with Gasteiger partial charge in [0, 0.05) is 11.8 Å². The lowest BCUT2D eigenvalue weighted by atomic mass is 9.91. The Morgan fingerprint density at radius 3 is 2.43 bits per heavy atom. The van der Waals surface area contributed by atoms with E-state index in [4.69, 9.17) is 14.3 Å². The number of halogens is 6. The number of amides is 2. The topological polar surface area (TPSA) is 153 Å². The van der Waals surface area contributed by atoms with Gasteiger partial charge in [0.2, 0.25) is 5.89 Å². The molecule has 4 rings (SSSR count). The van der Waals surface area contributed by atoms with E-state index in [1.54, 1.807) is 0 Å². The summed E-state index contributed by atoms with van der Waals surface area (Å²) in [4.78, 5) is 44.7. The second kappa shape index (κ2) is 12.0. The molecule has 0 fully saturated rings. The molecule has 0 saturated carbocycles. The van der Waals surface area contributed by atoms with E-state index in [-0.39, 0.29) is 28.3 Å². The van der Waals surface area contributed by atoms with E-state index >= 15 is 0 Å². The lowest BCUT2D eigenvalue weighted by Gasteiger charge is -2.28. The zero-order chi connectivity index (χ0) is 34.2. The third-order valence-electron chi connectivity index (χ3n) is 6.32. The van der Waals surface area contributed by atoms with Crippen molar-refractivity contribution in [1.82, 2.24) is 19.7 Å². The van der Waals surface area contributed by atoms with Crippen molar-refractivity contribution in [3.8, 4) is 11.5 Å². The summed E-state index contributed by atoms with van der Waals surface area (Å²) in [5, 5.41) is 14.8. The Labute approximate surface area is 256 Å². The average Bonchev–Trinajstić information content (AvgIpc) is 3.59. The van der Waals surface area contributed by atoms with E-state index in [2.05, 4.69) is 20.4 Å². The number of aromatic nitrogens is 4. The number of pyridine rings is 1. The summed E-state index contributed by atoms with van der Waals surface area (Å²) in [6.45, 7) is 4.17. The minimum Gasteiger partial charge on any atom is -0.478 e. The van der Waals surface area contributed by atoms with Gasteiger partial charge < -0.3 is 19.6 Å². The summed E-state index contributed by atoms with van der Waals surface area (Å²) in [5.41, 5.74) is -5.04. The van der Waals surface area contributed by atoms with Gasteiger partial charge in [-0.2, -0.15) is 31.4 Å². The minimum absolute atomic E-state index is 0.00755. The maximum atomic E-state index is 13.9. The number of oxazole rings is 1. The van der Waals surface area contributed by atoms with Gasteiger partial charge in [-0.25, -0.2) is 19.6 Å². The molecule has 46 heavy (non-hydrogen) atoms. The van der Waals surface area contributed by atoms with Crippen LogP contribution in [0.3, 0.4) is 0 Å². The van der Waals surface area contributed by atoms with Crippen molar-refractivity contribution in [1.29, 1.82) is 0 Å². The number of carbonyl (C=O) groups excluding carboxylic acids is 2. The second-order valence-corrected chi connectivity index (χ2v) is 11.3. The fraction of sp³-hybridized carbons (Fsp3) is 0.357. The van der Waals surface area contributed by atoms with Crippen molar-refractivity contribution in [3.63, 3.8) is 0 Å². The van der Waals surface area contributed by atoms with Crippen LogP contribution in [0.2, 0.25) is 0 Å². The van der Waals surface area contributed by atoms with Crippen LogP contribution in [-0.2, 0) is 21.2 Å². The molecule has 246 valence electrons. The SMILES string of the molecule is CC(C)(C)OC(=O)N(CC(F)(F)F)c1cc(-c2nc(C(=O)Nc3cn(C4(C)C=CC(C(=O)O)=CC4)nc3C(F)(F)F)co2)ccn1. The van der Waals surface area contributed by atoms with Crippen LogP contribution in [0.25, 0.3) is 11.5 Å². The first-order valence-electron chi connectivity index (χ1n) is 13.3. The maximum absolute atomic E-state index is 13.9. The Bertz CT molecular complexity index is 1720. The van der Waals surface area contributed by atoms with Gasteiger partial charge in [0.1, 0.15) is 24.2 Å². The molecule has 0 aromatic carbocycles. The largest absolute Gasteiger partial charge is 0.478 e. The van der Waals surface area contributed by atoms with E-state index in [0.29, 0.717) is 0 Å². The molecule has 3 heterocycles. The Morgan fingerprint density at radius 2 is 1.87 bits per heavy atom. The number of carboxylic acids is 1. The smallest absolute Gasteiger partial charge is 0.437 e. The lowest BCUT2D eigenvalue weighted by Crippen LogP contribution is -2.42. The molecule has 12 nitrogen and oxygen atoms in total. The molecule has 18 heteroatoms.